The van der Waals surface area contributed by atoms with Crippen molar-refractivity contribution >= 4 is 34.3 Å². The van der Waals surface area contributed by atoms with Gasteiger partial charge in [-0.1, -0.05) is 45.7 Å². The number of hydrogen-bond donors (Lipinski definition) is 1. The van der Waals surface area contributed by atoms with Crippen LogP contribution < -0.4 is 5.32 Å². The van der Waals surface area contributed by atoms with E-state index in [9.17, 15) is 9.59 Å². The summed E-state index contributed by atoms with van der Waals surface area (Å²) in [5.74, 6) is -0.569. The molecule has 0 amide bonds. The molecule has 0 saturated heterocycles. The lowest BCUT2D eigenvalue weighted by Crippen LogP contribution is -2.38. The Hall–Kier alpha value is -1.63. The number of nitrogens with one attached hydrogen (secondary N) is 1. The zero-order valence-corrected chi connectivity index (χ0v) is 19.9. The number of carbonyl (C=O) groups is 2. The fraction of sp³-hybridized carbons (Fsp3) is 0.500. The van der Waals surface area contributed by atoms with E-state index >= 15 is 0 Å². The molecule has 1 aromatic rings. The van der Waals surface area contributed by atoms with Gasteiger partial charge in [-0.2, -0.15) is 0 Å². The van der Waals surface area contributed by atoms with Gasteiger partial charge in [0, 0.05) is 32.9 Å². The second kappa shape index (κ2) is 9.02. The van der Waals surface area contributed by atoms with E-state index in [1.54, 1.807) is 0 Å². The highest BCUT2D eigenvalue weighted by Crippen LogP contribution is 2.46. The molecule has 0 unspecified atom stereocenters. The molecule has 3 rings (SSSR count). The first-order valence-corrected chi connectivity index (χ1v) is 11.5. The van der Waals surface area contributed by atoms with Crippen LogP contribution in [0.2, 0.25) is 0 Å². The van der Waals surface area contributed by atoms with Gasteiger partial charge in [-0.15, -0.1) is 0 Å². The molecule has 1 aromatic carbocycles. The van der Waals surface area contributed by atoms with Crippen LogP contribution in [-0.4, -0.2) is 18.4 Å². The number of allylic oxidation sites excluding steroid dienone is 3. The average Bonchev–Trinajstić information content (AvgIpc) is 2.63. The molecule has 0 fully saturated rings. The smallest absolute Gasteiger partial charge is 0.336 e. The Morgan fingerprint density at radius 2 is 1.90 bits per heavy atom. The van der Waals surface area contributed by atoms with Gasteiger partial charge in [-0.3, -0.25) is 4.79 Å². The number of dihydropyridines is 1. The van der Waals surface area contributed by atoms with Crippen LogP contribution in [0.25, 0.3) is 0 Å². The monoisotopic (exact) mass is 507 g/mol. The number of esters is 1. The summed E-state index contributed by atoms with van der Waals surface area (Å²) in [5.41, 5.74) is 3.92. The van der Waals surface area contributed by atoms with Gasteiger partial charge in [-0.25, -0.2) is 4.79 Å². The maximum atomic E-state index is 13.2. The molecule has 1 heterocycles. The summed E-state index contributed by atoms with van der Waals surface area (Å²) in [6.07, 6.45) is 4.26. The number of hydrogen-bond acceptors (Lipinski definition) is 4. The topological polar surface area (TPSA) is 55.4 Å². The first kappa shape index (κ1) is 22.1. The second-order valence-corrected chi connectivity index (χ2v) is 10.1. The number of ketones is 1. The van der Waals surface area contributed by atoms with Crippen molar-refractivity contribution < 1.29 is 14.3 Å². The highest BCUT2D eigenvalue weighted by atomic mass is 127. The molecule has 1 aliphatic heterocycles. The summed E-state index contributed by atoms with van der Waals surface area (Å²) in [7, 11) is 0. The van der Waals surface area contributed by atoms with Gasteiger partial charge in [0.25, 0.3) is 0 Å². The second-order valence-electron chi connectivity index (χ2n) is 8.82. The van der Waals surface area contributed by atoms with Crippen molar-refractivity contribution in [2.75, 3.05) is 6.61 Å². The lowest BCUT2D eigenvalue weighted by molar-refractivity contribution is -0.139. The summed E-state index contributed by atoms with van der Waals surface area (Å²) in [4.78, 5) is 26.3. The Kier molecular flexibility index (Phi) is 6.87. The van der Waals surface area contributed by atoms with Gasteiger partial charge < -0.3 is 10.1 Å². The van der Waals surface area contributed by atoms with Crippen LogP contribution in [0.1, 0.15) is 71.3 Å². The number of benzene rings is 1. The maximum absolute atomic E-state index is 13.2. The van der Waals surface area contributed by atoms with E-state index in [1.807, 2.05) is 31.2 Å². The molecular weight excluding hydrogens is 477 g/mol. The van der Waals surface area contributed by atoms with Crippen molar-refractivity contribution in [3.8, 4) is 0 Å². The van der Waals surface area contributed by atoms with Gasteiger partial charge >= 0.3 is 5.97 Å². The molecule has 156 valence electrons. The molecule has 5 heteroatoms. The molecule has 0 bridgehead atoms. The van der Waals surface area contributed by atoms with E-state index in [4.69, 9.17) is 4.74 Å². The quantitative estimate of drug-likeness (QED) is 0.308. The van der Waals surface area contributed by atoms with E-state index in [-0.39, 0.29) is 23.1 Å². The first-order valence-electron chi connectivity index (χ1n) is 10.4. The van der Waals surface area contributed by atoms with Crippen LogP contribution >= 0.6 is 22.6 Å². The van der Waals surface area contributed by atoms with Crippen LogP contribution in [0.15, 0.2) is 46.8 Å². The fourth-order valence-electron chi connectivity index (χ4n) is 4.29. The van der Waals surface area contributed by atoms with Crippen molar-refractivity contribution in [2.24, 2.45) is 5.41 Å². The minimum absolute atomic E-state index is 0.0853. The van der Waals surface area contributed by atoms with Gasteiger partial charge in [0.05, 0.1) is 12.2 Å². The summed E-state index contributed by atoms with van der Waals surface area (Å²) >= 11 is 2.27. The van der Waals surface area contributed by atoms with Gasteiger partial charge in [0.15, 0.2) is 5.78 Å². The largest absolute Gasteiger partial charge is 0.462 e. The number of rotatable bonds is 6. The molecule has 0 aromatic heterocycles. The average molecular weight is 507 g/mol. The normalized spacial score (nSPS) is 21.0. The number of carbonyl (C=O) groups excluding carboxylic acids is 2. The minimum Gasteiger partial charge on any atom is -0.462 e. The molecule has 1 aliphatic carbocycles. The minimum atomic E-state index is -0.370. The molecule has 0 radical (unpaired) electrons. The number of unbranched alkanes of at least 4 members (excludes halogenated alkanes) is 2. The Balaban J connectivity index is 2.01. The third kappa shape index (κ3) is 4.93. The summed E-state index contributed by atoms with van der Waals surface area (Å²) in [6.45, 7) is 8.68. The summed E-state index contributed by atoms with van der Waals surface area (Å²) < 4.78 is 6.73. The Morgan fingerprint density at radius 3 is 2.55 bits per heavy atom. The maximum Gasteiger partial charge on any atom is 0.336 e. The van der Waals surface area contributed by atoms with Crippen LogP contribution in [0.4, 0.5) is 0 Å². The van der Waals surface area contributed by atoms with E-state index in [1.165, 1.54) is 0 Å². The van der Waals surface area contributed by atoms with Crippen LogP contribution in [0.5, 0.6) is 0 Å². The lowest BCUT2D eigenvalue weighted by Gasteiger charge is -2.39. The van der Waals surface area contributed by atoms with Crippen LogP contribution in [0.3, 0.4) is 0 Å². The number of halogens is 1. The third-order valence-corrected chi connectivity index (χ3v) is 6.36. The van der Waals surface area contributed by atoms with Crippen molar-refractivity contribution in [3.63, 3.8) is 0 Å². The molecular formula is C24H30INO3. The highest BCUT2D eigenvalue weighted by molar-refractivity contribution is 14.1. The van der Waals surface area contributed by atoms with E-state index in [2.05, 4.69) is 48.7 Å². The molecule has 29 heavy (non-hydrogen) atoms. The zero-order chi connectivity index (χ0) is 21.2. The van der Waals surface area contributed by atoms with E-state index in [0.717, 1.165) is 51.8 Å². The fourth-order valence-corrected chi connectivity index (χ4v) is 4.65. The predicted octanol–water partition coefficient (Wildman–Crippen LogP) is 5.63. The SMILES string of the molecule is CCCCCOC(=O)C1=C(C)NC2=C(C(=O)CC(C)(C)C2)[C@@H]1c1ccc(I)cc1. The summed E-state index contributed by atoms with van der Waals surface area (Å²) in [5, 5.41) is 3.38. The molecule has 0 saturated carbocycles. The number of Topliss-reactive ketones (excluding diaryl/α,β-unsaturated/α-hetero) is 1. The summed E-state index contributed by atoms with van der Waals surface area (Å²) in [6, 6.07) is 8.09. The van der Waals surface area contributed by atoms with Crippen molar-refractivity contribution in [3.05, 3.63) is 55.9 Å². The van der Waals surface area contributed by atoms with E-state index in [0.29, 0.717) is 18.6 Å². The first-order chi connectivity index (χ1) is 13.7. The van der Waals surface area contributed by atoms with E-state index < -0.39 is 0 Å². The molecule has 1 atom stereocenters. The molecule has 2 aliphatic rings. The predicted molar refractivity (Wildman–Crippen MR) is 123 cm³/mol. The van der Waals surface area contributed by atoms with Gasteiger partial charge in [0.1, 0.15) is 0 Å². The van der Waals surface area contributed by atoms with Crippen molar-refractivity contribution in [1.29, 1.82) is 0 Å². The van der Waals surface area contributed by atoms with Crippen LogP contribution in [-0.2, 0) is 14.3 Å². The Labute approximate surface area is 187 Å². The van der Waals surface area contributed by atoms with Gasteiger partial charge in [0.2, 0.25) is 0 Å². The lowest BCUT2D eigenvalue weighted by atomic mass is 9.68. The highest BCUT2D eigenvalue weighted by Gasteiger charge is 2.43. The Morgan fingerprint density at radius 1 is 1.21 bits per heavy atom. The molecule has 1 N–H and O–H groups in total. The number of ether oxygens (including phenoxy) is 1. The van der Waals surface area contributed by atoms with Crippen molar-refractivity contribution in [1.82, 2.24) is 5.32 Å². The standard InChI is InChI=1S/C24H30INO3/c1-5-6-7-12-29-23(28)20-15(2)26-18-13-24(3,4)14-19(27)22(18)21(20)16-8-10-17(25)11-9-16/h8-11,21,26H,5-7,12-14H2,1-4H3/t21-/m1/s1. The zero-order valence-electron chi connectivity index (χ0n) is 17.7. The third-order valence-electron chi connectivity index (χ3n) is 5.64. The Bertz CT molecular complexity index is 865. The van der Waals surface area contributed by atoms with Gasteiger partial charge in [-0.05, 0) is 65.5 Å². The molecule has 4 nitrogen and oxygen atoms in total. The van der Waals surface area contributed by atoms with Crippen LogP contribution in [0, 0.1) is 8.99 Å². The van der Waals surface area contributed by atoms with Crippen molar-refractivity contribution in [2.45, 2.75) is 65.7 Å². The molecule has 0 spiro atoms.